The van der Waals surface area contributed by atoms with E-state index in [4.69, 9.17) is 0 Å². The van der Waals surface area contributed by atoms with E-state index in [-0.39, 0.29) is 5.91 Å². The quantitative estimate of drug-likeness (QED) is 0.722. The number of amides is 1. The van der Waals surface area contributed by atoms with Crippen LogP contribution in [0.1, 0.15) is 40.3 Å². The number of nitrogens with zero attached hydrogens (tertiary/aromatic N) is 1. The van der Waals surface area contributed by atoms with E-state index in [2.05, 4.69) is 53.4 Å². The fourth-order valence-corrected chi connectivity index (χ4v) is 2.26. The number of H-pyrrole nitrogens is 1. The Morgan fingerprint density at radius 1 is 1.12 bits per heavy atom. The van der Waals surface area contributed by atoms with Gasteiger partial charge in [-0.2, -0.15) is 0 Å². The number of carbonyl (C=O) groups is 1. The number of carbonyl (C=O) groups excluding carboxylic acids is 1. The number of thiazole rings is 1. The molecule has 0 aliphatic heterocycles. The smallest absolute Gasteiger partial charge is 0.253 e. The standard InChI is InChI=1S/C9H9N3OS.C8H10.C2H6/c13-9(7-1-2-10-5-7)12-6-8-11-3-4-14-8;1-7-3-5-8(2)6-4-7;1-2/h1-5,10H,6H2,(H,12,13);3-6H,1-2H3;1-2H3. The van der Waals surface area contributed by atoms with E-state index >= 15 is 0 Å². The van der Waals surface area contributed by atoms with Gasteiger partial charge in [-0.1, -0.05) is 49.2 Å². The molecule has 0 fully saturated rings. The van der Waals surface area contributed by atoms with Crippen molar-refractivity contribution < 1.29 is 4.79 Å². The minimum atomic E-state index is -0.0820. The summed E-state index contributed by atoms with van der Waals surface area (Å²) in [5.74, 6) is -0.0820. The molecule has 3 rings (SSSR count). The maximum absolute atomic E-state index is 11.4. The van der Waals surface area contributed by atoms with E-state index in [9.17, 15) is 4.79 Å². The summed E-state index contributed by atoms with van der Waals surface area (Å²) in [7, 11) is 0. The van der Waals surface area contributed by atoms with Crippen molar-refractivity contribution in [3.8, 4) is 0 Å². The minimum absolute atomic E-state index is 0.0820. The number of aromatic nitrogens is 2. The Bertz CT molecular complexity index is 653. The largest absolute Gasteiger partial charge is 0.367 e. The van der Waals surface area contributed by atoms with Gasteiger partial charge in [0.15, 0.2) is 0 Å². The summed E-state index contributed by atoms with van der Waals surface area (Å²) in [6, 6.07) is 10.2. The molecule has 5 heteroatoms. The molecule has 0 saturated heterocycles. The van der Waals surface area contributed by atoms with Gasteiger partial charge in [-0.15, -0.1) is 11.3 Å². The van der Waals surface area contributed by atoms with Crippen LogP contribution in [0, 0.1) is 13.8 Å². The first-order chi connectivity index (χ1) is 11.6. The summed E-state index contributed by atoms with van der Waals surface area (Å²) < 4.78 is 0. The van der Waals surface area contributed by atoms with Gasteiger partial charge in [-0.3, -0.25) is 4.79 Å². The van der Waals surface area contributed by atoms with Crippen molar-refractivity contribution >= 4 is 17.2 Å². The minimum Gasteiger partial charge on any atom is -0.367 e. The third-order valence-corrected chi connectivity index (χ3v) is 3.74. The lowest BCUT2D eigenvalue weighted by Crippen LogP contribution is -2.22. The second-order valence-electron chi connectivity index (χ2n) is 4.86. The maximum atomic E-state index is 11.4. The number of rotatable bonds is 3. The highest BCUT2D eigenvalue weighted by atomic mass is 32.1. The molecule has 0 aliphatic rings. The molecule has 0 aliphatic carbocycles. The number of benzene rings is 1. The highest BCUT2D eigenvalue weighted by Crippen LogP contribution is 2.03. The first-order valence-corrected chi connectivity index (χ1v) is 8.86. The Balaban J connectivity index is 0.000000245. The van der Waals surface area contributed by atoms with Crippen molar-refractivity contribution in [2.45, 2.75) is 34.2 Å². The fourth-order valence-electron chi connectivity index (χ4n) is 1.70. The summed E-state index contributed by atoms with van der Waals surface area (Å²) in [4.78, 5) is 18.3. The predicted octanol–water partition coefficient (Wildman–Crippen LogP) is 4.73. The first-order valence-electron chi connectivity index (χ1n) is 7.98. The number of aromatic amines is 1. The van der Waals surface area contributed by atoms with Crippen LogP contribution in [-0.2, 0) is 6.54 Å². The van der Waals surface area contributed by atoms with Crippen LogP contribution in [-0.4, -0.2) is 15.9 Å². The topological polar surface area (TPSA) is 57.8 Å². The Kier molecular flexibility index (Phi) is 9.16. The van der Waals surface area contributed by atoms with Crippen molar-refractivity contribution in [3.05, 3.63) is 76.0 Å². The monoisotopic (exact) mass is 343 g/mol. The molecular formula is C19H25N3OS. The molecule has 0 spiro atoms. The van der Waals surface area contributed by atoms with E-state index in [0.717, 1.165) is 5.01 Å². The molecule has 0 atom stereocenters. The van der Waals surface area contributed by atoms with E-state index in [0.29, 0.717) is 12.1 Å². The second-order valence-corrected chi connectivity index (χ2v) is 5.84. The Morgan fingerprint density at radius 2 is 1.75 bits per heavy atom. The van der Waals surface area contributed by atoms with Crippen molar-refractivity contribution in [1.82, 2.24) is 15.3 Å². The van der Waals surface area contributed by atoms with Gasteiger partial charge < -0.3 is 10.3 Å². The molecule has 128 valence electrons. The van der Waals surface area contributed by atoms with Crippen LogP contribution < -0.4 is 5.32 Å². The van der Waals surface area contributed by atoms with Gasteiger partial charge in [-0.25, -0.2) is 4.98 Å². The summed E-state index contributed by atoms with van der Waals surface area (Å²) in [5.41, 5.74) is 3.30. The van der Waals surface area contributed by atoms with Crippen molar-refractivity contribution in [2.24, 2.45) is 0 Å². The van der Waals surface area contributed by atoms with Crippen LogP contribution in [0.2, 0.25) is 0 Å². The molecule has 0 saturated carbocycles. The van der Waals surface area contributed by atoms with Crippen LogP contribution in [0.4, 0.5) is 0 Å². The van der Waals surface area contributed by atoms with E-state index in [1.54, 1.807) is 24.7 Å². The molecule has 2 aromatic heterocycles. The summed E-state index contributed by atoms with van der Waals surface area (Å²) in [6.07, 6.45) is 5.11. The molecule has 0 unspecified atom stereocenters. The molecule has 0 radical (unpaired) electrons. The molecule has 24 heavy (non-hydrogen) atoms. The second kappa shape index (κ2) is 11.2. The molecule has 2 heterocycles. The van der Waals surface area contributed by atoms with E-state index < -0.39 is 0 Å². The van der Waals surface area contributed by atoms with Crippen LogP contribution in [0.25, 0.3) is 0 Å². The number of nitrogens with one attached hydrogen (secondary N) is 2. The van der Waals surface area contributed by atoms with Crippen LogP contribution >= 0.6 is 11.3 Å². The molecule has 3 aromatic rings. The zero-order valence-electron chi connectivity index (χ0n) is 14.7. The zero-order valence-corrected chi connectivity index (χ0v) is 15.5. The molecule has 4 nitrogen and oxygen atoms in total. The van der Waals surface area contributed by atoms with Gasteiger partial charge in [-0.05, 0) is 19.9 Å². The summed E-state index contributed by atoms with van der Waals surface area (Å²) >= 11 is 1.53. The van der Waals surface area contributed by atoms with Gasteiger partial charge in [0, 0.05) is 24.0 Å². The highest BCUT2D eigenvalue weighted by molar-refractivity contribution is 7.09. The zero-order chi connectivity index (χ0) is 17.8. The van der Waals surface area contributed by atoms with Crippen molar-refractivity contribution in [2.75, 3.05) is 0 Å². The Hall–Kier alpha value is -2.40. The average Bonchev–Trinajstić information content (AvgIpc) is 3.31. The SMILES string of the molecule is CC.Cc1ccc(C)cc1.O=C(NCc1nccs1)c1cc[nH]c1. The van der Waals surface area contributed by atoms with Crippen molar-refractivity contribution in [3.63, 3.8) is 0 Å². The summed E-state index contributed by atoms with van der Waals surface area (Å²) in [5, 5.41) is 5.57. The van der Waals surface area contributed by atoms with E-state index in [1.165, 1.54) is 22.5 Å². The van der Waals surface area contributed by atoms with Gasteiger partial charge in [0.1, 0.15) is 5.01 Å². The van der Waals surface area contributed by atoms with E-state index in [1.807, 2.05) is 19.2 Å². The van der Waals surface area contributed by atoms with Gasteiger partial charge in [0.05, 0.1) is 12.1 Å². The normalized spacial score (nSPS) is 9.17. The lowest BCUT2D eigenvalue weighted by atomic mass is 10.2. The highest BCUT2D eigenvalue weighted by Gasteiger charge is 2.05. The van der Waals surface area contributed by atoms with Crippen LogP contribution in [0.3, 0.4) is 0 Å². The van der Waals surface area contributed by atoms with Crippen LogP contribution in [0.5, 0.6) is 0 Å². The Morgan fingerprint density at radius 3 is 2.21 bits per heavy atom. The predicted molar refractivity (Wildman–Crippen MR) is 101 cm³/mol. The number of hydrogen-bond donors (Lipinski definition) is 2. The first kappa shape index (κ1) is 19.6. The maximum Gasteiger partial charge on any atom is 0.253 e. The van der Waals surface area contributed by atoms with Crippen LogP contribution in [0.15, 0.2) is 54.3 Å². The molecule has 0 bridgehead atoms. The lowest BCUT2D eigenvalue weighted by molar-refractivity contribution is 0.0951. The molecule has 2 N–H and O–H groups in total. The average molecular weight is 343 g/mol. The number of aryl methyl sites for hydroxylation is 2. The van der Waals surface area contributed by atoms with Gasteiger partial charge >= 0.3 is 0 Å². The molecular weight excluding hydrogens is 318 g/mol. The Labute approximate surface area is 148 Å². The molecule has 1 aromatic carbocycles. The van der Waals surface area contributed by atoms with Gasteiger partial charge in [0.2, 0.25) is 0 Å². The molecule has 1 amide bonds. The lowest BCUT2D eigenvalue weighted by Gasteiger charge is -1.99. The third-order valence-electron chi connectivity index (χ3n) is 2.96. The number of hydrogen-bond acceptors (Lipinski definition) is 3. The fraction of sp³-hybridized carbons (Fsp3) is 0.263. The third kappa shape index (κ3) is 7.24. The summed E-state index contributed by atoms with van der Waals surface area (Å²) in [6.45, 7) is 8.68. The van der Waals surface area contributed by atoms with Crippen molar-refractivity contribution in [1.29, 1.82) is 0 Å². The van der Waals surface area contributed by atoms with Gasteiger partial charge in [0.25, 0.3) is 5.91 Å².